The average molecular weight is 495 g/mol. The normalized spacial score (nSPS) is 13.9. The van der Waals surface area contributed by atoms with Crippen LogP contribution in [0.25, 0.3) is 11.3 Å². The molecule has 1 heterocycles. The van der Waals surface area contributed by atoms with Gasteiger partial charge in [0.1, 0.15) is 35.4 Å². The van der Waals surface area contributed by atoms with E-state index in [0.717, 1.165) is 42.6 Å². The first-order chi connectivity index (χ1) is 16.1. The Hall–Kier alpha value is -3.46. The summed E-state index contributed by atoms with van der Waals surface area (Å²) in [6, 6.07) is 8.90. The molecule has 4 rings (SSSR count). The first-order valence-electron chi connectivity index (χ1n) is 10.2. The molecule has 0 bridgehead atoms. The molecular formula is C24H19ClF4N2O3. The molecule has 0 saturated heterocycles. The molecular weight excluding hydrogens is 476 g/mol. The highest BCUT2D eigenvalue weighted by Crippen LogP contribution is 2.46. The second-order valence-electron chi connectivity index (χ2n) is 7.61. The van der Waals surface area contributed by atoms with Gasteiger partial charge in [-0.05, 0) is 48.8 Å². The molecule has 1 aliphatic rings. The van der Waals surface area contributed by atoms with Crippen LogP contribution < -0.4 is 9.47 Å². The predicted octanol–water partition coefficient (Wildman–Crippen LogP) is 6.96. The third-order valence-electron chi connectivity index (χ3n) is 5.12. The average Bonchev–Trinajstić information content (AvgIpc) is 3.09. The van der Waals surface area contributed by atoms with Crippen LogP contribution in [-0.2, 0) is 13.2 Å². The summed E-state index contributed by atoms with van der Waals surface area (Å²) in [6.45, 7) is 0.273. The fourth-order valence-electron chi connectivity index (χ4n) is 3.49. The summed E-state index contributed by atoms with van der Waals surface area (Å²) < 4.78 is 66.6. The zero-order valence-corrected chi connectivity index (χ0v) is 18.6. The van der Waals surface area contributed by atoms with Crippen molar-refractivity contribution in [2.24, 2.45) is 7.05 Å². The quantitative estimate of drug-likeness (QED) is 0.376. The number of rotatable bonds is 6. The lowest BCUT2D eigenvalue weighted by atomic mass is 10.1. The summed E-state index contributed by atoms with van der Waals surface area (Å²) in [4.78, 5) is 0. The number of ether oxygens (including phenoxy) is 2. The largest absolute Gasteiger partial charge is 0.507 e. The molecule has 0 fully saturated rings. The van der Waals surface area contributed by atoms with Gasteiger partial charge in [-0.15, -0.1) is 0 Å². The van der Waals surface area contributed by atoms with Gasteiger partial charge >= 0.3 is 6.18 Å². The van der Waals surface area contributed by atoms with Crippen LogP contribution in [0.4, 0.5) is 17.6 Å². The third-order valence-corrected chi connectivity index (χ3v) is 5.44. The Bertz CT molecular complexity index is 1280. The molecule has 3 aromatic rings. The minimum atomic E-state index is -4.81. The number of hydrogen-bond donors (Lipinski definition) is 1. The molecule has 0 atom stereocenters. The second kappa shape index (κ2) is 9.42. The van der Waals surface area contributed by atoms with Gasteiger partial charge in [0.25, 0.3) is 0 Å². The van der Waals surface area contributed by atoms with E-state index in [0.29, 0.717) is 10.4 Å². The van der Waals surface area contributed by atoms with Crippen LogP contribution >= 0.6 is 11.6 Å². The summed E-state index contributed by atoms with van der Waals surface area (Å²) in [5.74, 6) is -1.50. The minimum Gasteiger partial charge on any atom is -0.507 e. The maximum Gasteiger partial charge on any atom is 0.436 e. The van der Waals surface area contributed by atoms with E-state index in [1.54, 1.807) is 6.08 Å². The van der Waals surface area contributed by atoms with E-state index in [2.05, 4.69) is 5.10 Å². The van der Waals surface area contributed by atoms with E-state index in [4.69, 9.17) is 21.1 Å². The van der Waals surface area contributed by atoms with Crippen LogP contribution in [-0.4, -0.2) is 21.5 Å². The minimum absolute atomic E-state index is 0.00329. The predicted molar refractivity (Wildman–Crippen MR) is 119 cm³/mol. The number of aromatic nitrogens is 2. The molecule has 1 aliphatic carbocycles. The van der Waals surface area contributed by atoms with E-state index < -0.39 is 23.4 Å². The summed E-state index contributed by atoms with van der Waals surface area (Å²) in [5, 5.41) is 15.3. The number of halogens is 5. The maximum atomic E-state index is 13.8. The van der Waals surface area contributed by atoms with Gasteiger partial charge < -0.3 is 14.6 Å². The van der Waals surface area contributed by atoms with Crippen molar-refractivity contribution in [3.05, 3.63) is 76.7 Å². The molecule has 0 unspecified atom stereocenters. The van der Waals surface area contributed by atoms with E-state index in [1.807, 2.05) is 6.08 Å². The van der Waals surface area contributed by atoms with Crippen LogP contribution in [0.3, 0.4) is 0 Å². The van der Waals surface area contributed by atoms with Crippen molar-refractivity contribution in [2.75, 3.05) is 6.61 Å². The van der Waals surface area contributed by atoms with Crippen LogP contribution in [0, 0.1) is 5.82 Å². The molecule has 0 radical (unpaired) electrons. The first-order valence-corrected chi connectivity index (χ1v) is 10.6. The van der Waals surface area contributed by atoms with Gasteiger partial charge in [-0.1, -0.05) is 23.7 Å². The fraction of sp³-hybridized carbons (Fsp3) is 0.208. The summed E-state index contributed by atoms with van der Waals surface area (Å²) in [6.07, 6.45) is 0.309. The number of allylic oxidation sites excluding steroid dienone is 3. The summed E-state index contributed by atoms with van der Waals surface area (Å²) in [7, 11) is 1.11. The number of aryl methyl sites for hydroxylation is 1. The molecule has 0 saturated carbocycles. The van der Waals surface area contributed by atoms with Crippen LogP contribution in [0.5, 0.6) is 23.0 Å². The van der Waals surface area contributed by atoms with Gasteiger partial charge in [-0.25, -0.2) is 4.39 Å². The Morgan fingerprint density at radius 1 is 1.09 bits per heavy atom. The lowest BCUT2D eigenvalue weighted by molar-refractivity contribution is -0.144. The molecule has 2 aromatic carbocycles. The van der Waals surface area contributed by atoms with Gasteiger partial charge in [0, 0.05) is 29.8 Å². The molecule has 0 spiro atoms. The van der Waals surface area contributed by atoms with Crippen molar-refractivity contribution in [3.8, 4) is 34.3 Å². The van der Waals surface area contributed by atoms with Gasteiger partial charge in [-0.2, -0.15) is 18.3 Å². The highest BCUT2D eigenvalue weighted by atomic mass is 35.5. The number of nitrogens with zero attached hydrogens (tertiary/aromatic N) is 2. The number of hydrogen-bond acceptors (Lipinski definition) is 4. The number of phenolic OH excluding ortho intramolecular Hbond substituents is 1. The highest BCUT2D eigenvalue weighted by Gasteiger charge is 2.41. The highest BCUT2D eigenvalue weighted by molar-refractivity contribution is 6.29. The lowest BCUT2D eigenvalue weighted by Gasteiger charge is -2.14. The van der Waals surface area contributed by atoms with Crippen molar-refractivity contribution >= 4 is 11.6 Å². The standard InChI is InChI=1S/C24H19ClF4N2O3/c1-31-23(24(27,28)29)22(34-18-4-2-3-16(26)11-18)21(30-31)19-10-9-17(12-20(19)32)33-13-14-5-7-15(25)8-6-14/h2-5,7,9-12,32H,6,8,13H2,1H3. The molecule has 1 aromatic heterocycles. The van der Waals surface area contributed by atoms with Crippen molar-refractivity contribution in [3.63, 3.8) is 0 Å². The number of phenols is 1. The number of alkyl halides is 3. The van der Waals surface area contributed by atoms with Crippen molar-refractivity contribution < 1.29 is 32.1 Å². The van der Waals surface area contributed by atoms with Gasteiger partial charge in [0.2, 0.25) is 0 Å². The van der Waals surface area contributed by atoms with Crippen molar-refractivity contribution in [1.29, 1.82) is 0 Å². The molecule has 5 nitrogen and oxygen atoms in total. The molecule has 34 heavy (non-hydrogen) atoms. The Kier molecular flexibility index (Phi) is 6.56. The topological polar surface area (TPSA) is 56.5 Å². The molecule has 10 heteroatoms. The van der Waals surface area contributed by atoms with Crippen molar-refractivity contribution in [2.45, 2.75) is 19.0 Å². The summed E-state index contributed by atoms with van der Waals surface area (Å²) >= 11 is 5.94. The molecule has 178 valence electrons. The van der Waals surface area contributed by atoms with Gasteiger partial charge in [0.05, 0.1) is 0 Å². The van der Waals surface area contributed by atoms with E-state index in [-0.39, 0.29) is 29.4 Å². The zero-order valence-electron chi connectivity index (χ0n) is 17.9. The molecule has 0 amide bonds. The van der Waals surface area contributed by atoms with E-state index >= 15 is 0 Å². The molecule has 0 aliphatic heterocycles. The van der Waals surface area contributed by atoms with Gasteiger partial charge in [-0.3, -0.25) is 4.68 Å². The zero-order chi connectivity index (χ0) is 24.5. The third kappa shape index (κ3) is 5.20. The molecule has 1 N–H and O–H groups in total. The SMILES string of the molecule is Cn1nc(-c2ccc(OCC3=CC=C(Cl)CC3)cc2O)c(Oc2cccc(F)c2)c1C(F)(F)F. The van der Waals surface area contributed by atoms with Crippen LogP contribution in [0.2, 0.25) is 0 Å². The Labute approximate surface area is 197 Å². The Morgan fingerprint density at radius 3 is 2.53 bits per heavy atom. The monoisotopic (exact) mass is 494 g/mol. The number of benzene rings is 2. The van der Waals surface area contributed by atoms with Crippen LogP contribution in [0.15, 0.2) is 65.2 Å². The fourth-order valence-corrected chi connectivity index (χ4v) is 3.65. The second-order valence-corrected chi connectivity index (χ2v) is 8.10. The first kappa shape index (κ1) is 23.7. The number of aromatic hydroxyl groups is 1. The van der Waals surface area contributed by atoms with Crippen LogP contribution in [0.1, 0.15) is 18.5 Å². The lowest BCUT2D eigenvalue weighted by Crippen LogP contribution is -2.12. The smallest absolute Gasteiger partial charge is 0.436 e. The Morgan fingerprint density at radius 2 is 1.88 bits per heavy atom. The van der Waals surface area contributed by atoms with E-state index in [9.17, 15) is 22.7 Å². The Balaban J connectivity index is 1.67. The summed E-state index contributed by atoms with van der Waals surface area (Å²) in [5.41, 5.74) is -0.421. The maximum absolute atomic E-state index is 13.8. The van der Waals surface area contributed by atoms with Gasteiger partial charge in [0.15, 0.2) is 11.4 Å². The van der Waals surface area contributed by atoms with Crippen molar-refractivity contribution in [1.82, 2.24) is 9.78 Å². The van der Waals surface area contributed by atoms with E-state index in [1.165, 1.54) is 30.3 Å².